The lowest BCUT2D eigenvalue weighted by molar-refractivity contribution is 0.0824. The minimum absolute atomic E-state index is 0.0362. The number of rotatable bonds is 8. The predicted octanol–water partition coefficient (Wildman–Crippen LogP) is 2.56. The van der Waals surface area contributed by atoms with Crippen LogP contribution in [-0.2, 0) is 0 Å². The van der Waals surface area contributed by atoms with Crippen LogP contribution in [-0.4, -0.2) is 41.6 Å². The quantitative estimate of drug-likeness (QED) is 0.272. The maximum absolute atomic E-state index is 12.2. The lowest BCUT2D eigenvalue weighted by Crippen LogP contribution is -2.41. The zero-order valence-corrected chi connectivity index (χ0v) is 17.2. The monoisotopic (exact) mass is 398 g/mol. The van der Waals surface area contributed by atoms with Crippen molar-refractivity contribution in [3.63, 3.8) is 0 Å². The van der Waals surface area contributed by atoms with Gasteiger partial charge >= 0.3 is 0 Å². The van der Waals surface area contributed by atoms with Crippen LogP contribution < -0.4 is 21.6 Å². The molecule has 2 aromatic carbocycles. The van der Waals surface area contributed by atoms with Crippen LogP contribution in [0.2, 0.25) is 0 Å². The topological polar surface area (TPSA) is 102 Å². The lowest BCUT2D eigenvalue weighted by atomic mass is 10.1. The Balaban J connectivity index is 2.37. The first kappa shape index (κ1) is 21.7. The van der Waals surface area contributed by atoms with Crippen molar-refractivity contribution in [1.29, 1.82) is 0 Å². The Hall–Kier alpha value is -3.55. The van der Waals surface area contributed by atoms with E-state index in [0.717, 1.165) is 5.70 Å². The van der Waals surface area contributed by atoms with Gasteiger partial charge in [0.25, 0.3) is 16.8 Å². The Morgan fingerprint density at radius 3 is 2.34 bits per heavy atom. The molecule has 0 aliphatic heterocycles. The maximum atomic E-state index is 12.2. The highest BCUT2D eigenvalue weighted by molar-refractivity contribution is 5.99. The number of para-hydroxylation sites is 1. The van der Waals surface area contributed by atoms with E-state index in [9.17, 15) is 19.5 Å². The van der Waals surface area contributed by atoms with Gasteiger partial charge in [-0.25, -0.2) is 0 Å². The maximum Gasteiger partial charge on any atom is 0.257 e. The number of hydrogen-bond acceptors (Lipinski definition) is 7. The molecule has 0 heterocycles. The molecule has 1 amide bonds. The van der Waals surface area contributed by atoms with Crippen molar-refractivity contribution in [2.45, 2.75) is 20.8 Å². The number of hydrazine groups is 1. The van der Waals surface area contributed by atoms with Crippen LogP contribution in [0.1, 0.15) is 31.1 Å². The lowest BCUT2D eigenvalue weighted by Gasteiger charge is -2.27. The molecule has 0 bridgehead atoms. The minimum atomic E-state index is -0.694. The number of phenolic OH excluding ortho intramolecular Hbond substituents is 1. The van der Waals surface area contributed by atoms with Gasteiger partial charge in [0.2, 0.25) is 0 Å². The van der Waals surface area contributed by atoms with Crippen molar-refractivity contribution in [3.05, 3.63) is 68.1 Å². The molecule has 8 heteroatoms. The first-order valence-electron chi connectivity index (χ1n) is 9.23. The van der Waals surface area contributed by atoms with Gasteiger partial charge in [-0.1, -0.05) is 18.2 Å². The number of benzene rings is 1. The van der Waals surface area contributed by atoms with E-state index in [1.807, 2.05) is 39.0 Å². The Bertz CT molecular complexity index is 1030. The SMILES string of the molecule is CC=CC(=CC)N(CC)Nc1c(Nc2cccc(C(=O)N(C)C)c2O)c(=O)c1=O. The summed E-state index contributed by atoms with van der Waals surface area (Å²) in [4.78, 5) is 37.8. The van der Waals surface area contributed by atoms with Crippen molar-refractivity contribution in [1.82, 2.24) is 9.91 Å². The summed E-state index contributed by atoms with van der Waals surface area (Å²) in [5.74, 6) is -0.670. The second kappa shape index (κ2) is 9.09. The minimum Gasteiger partial charge on any atom is -0.505 e. The summed E-state index contributed by atoms with van der Waals surface area (Å²) in [6.07, 6.45) is 5.61. The largest absolute Gasteiger partial charge is 0.505 e. The molecule has 29 heavy (non-hydrogen) atoms. The zero-order chi connectivity index (χ0) is 21.7. The summed E-state index contributed by atoms with van der Waals surface area (Å²) in [7, 11) is 3.15. The van der Waals surface area contributed by atoms with Gasteiger partial charge in [0.15, 0.2) is 5.75 Å². The molecule has 0 aliphatic carbocycles. The van der Waals surface area contributed by atoms with E-state index in [-0.39, 0.29) is 34.3 Å². The predicted molar refractivity (Wildman–Crippen MR) is 115 cm³/mol. The standard InChI is InChI=1S/C21H26N4O4/c1-6-10-13(7-2)25(8-3)23-17-16(19(27)20(17)28)22-15-12-9-11-14(18(15)26)21(29)24(4)5/h6-7,9-12,22-23,26H,8H2,1-5H3. The molecule has 2 aromatic rings. The van der Waals surface area contributed by atoms with Crippen LogP contribution in [0, 0.1) is 0 Å². The molecule has 0 fully saturated rings. The number of carbonyl (C=O) groups is 1. The van der Waals surface area contributed by atoms with Gasteiger partial charge in [-0.15, -0.1) is 0 Å². The van der Waals surface area contributed by atoms with Crippen LogP contribution >= 0.6 is 0 Å². The number of carbonyl (C=O) groups excluding carboxylic acids is 1. The highest BCUT2D eigenvalue weighted by atomic mass is 16.3. The Morgan fingerprint density at radius 1 is 1.14 bits per heavy atom. The number of nitrogens with zero attached hydrogens (tertiary/aromatic N) is 2. The summed E-state index contributed by atoms with van der Waals surface area (Å²) >= 11 is 0. The molecule has 154 valence electrons. The molecule has 0 aliphatic rings. The fourth-order valence-corrected chi connectivity index (χ4v) is 2.78. The second-order valence-electron chi connectivity index (χ2n) is 6.50. The number of amides is 1. The molecule has 0 saturated carbocycles. The van der Waals surface area contributed by atoms with Gasteiger partial charge in [-0.3, -0.25) is 24.8 Å². The van der Waals surface area contributed by atoms with E-state index >= 15 is 0 Å². The van der Waals surface area contributed by atoms with Crippen molar-refractivity contribution < 1.29 is 9.90 Å². The number of allylic oxidation sites excluding steroid dienone is 3. The summed E-state index contributed by atoms with van der Waals surface area (Å²) in [5.41, 5.74) is 2.84. The van der Waals surface area contributed by atoms with Crippen LogP contribution in [0.4, 0.5) is 17.1 Å². The fraction of sp³-hybridized carbons (Fsp3) is 0.286. The molecular formula is C21H26N4O4. The Labute approximate surface area is 169 Å². The smallest absolute Gasteiger partial charge is 0.257 e. The van der Waals surface area contributed by atoms with Gasteiger partial charge in [-0.2, -0.15) is 0 Å². The van der Waals surface area contributed by atoms with Crippen LogP contribution in [0.5, 0.6) is 5.75 Å². The van der Waals surface area contributed by atoms with Crippen LogP contribution in [0.25, 0.3) is 0 Å². The van der Waals surface area contributed by atoms with Crippen molar-refractivity contribution in [2.75, 3.05) is 31.4 Å². The van der Waals surface area contributed by atoms with Gasteiger partial charge in [-0.05, 0) is 39.0 Å². The third kappa shape index (κ3) is 4.31. The van der Waals surface area contributed by atoms with Gasteiger partial charge in [0.1, 0.15) is 11.4 Å². The molecule has 0 aromatic heterocycles. The molecule has 2 rings (SSSR count). The molecule has 0 spiro atoms. The van der Waals surface area contributed by atoms with Gasteiger partial charge in [0, 0.05) is 20.6 Å². The third-order valence-corrected chi connectivity index (χ3v) is 4.35. The summed E-state index contributed by atoms with van der Waals surface area (Å²) in [5, 5.41) is 15.0. The summed E-state index contributed by atoms with van der Waals surface area (Å²) < 4.78 is 0. The first-order valence-corrected chi connectivity index (χ1v) is 9.23. The summed E-state index contributed by atoms with van der Waals surface area (Å²) in [6, 6.07) is 4.59. The Kier molecular flexibility index (Phi) is 6.82. The van der Waals surface area contributed by atoms with E-state index in [1.165, 1.54) is 17.0 Å². The number of phenols is 1. The average molecular weight is 398 g/mol. The van der Waals surface area contributed by atoms with Crippen LogP contribution in [0.3, 0.4) is 0 Å². The molecule has 0 radical (unpaired) electrons. The number of likely N-dealkylation sites (N-methyl/N-ethyl adjacent to an activating group) is 1. The number of hydrogen-bond donors (Lipinski definition) is 3. The normalized spacial score (nSPS) is 11.7. The van der Waals surface area contributed by atoms with E-state index in [4.69, 9.17) is 0 Å². The van der Waals surface area contributed by atoms with Gasteiger partial charge in [0.05, 0.1) is 16.9 Å². The molecular weight excluding hydrogens is 372 g/mol. The second-order valence-corrected chi connectivity index (χ2v) is 6.50. The van der Waals surface area contributed by atoms with Gasteiger partial charge < -0.3 is 15.3 Å². The fourth-order valence-electron chi connectivity index (χ4n) is 2.78. The molecule has 0 saturated heterocycles. The third-order valence-electron chi connectivity index (χ3n) is 4.35. The molecule has 8 nitrogen and oxygen atoms in total. The zero-order valence-electron chi connectivity index (χ0n) is 17.2. The van der Waals surface area contributed by atoms with Crippen molar-refractivity contribution in [3.8, 4) is 5.75 Å². The van der Waals surface area contributed by atoms with Crippen molar-refractivity contribution in [2.24, 2.45) is 0 Å². The van der Waals surface area contributed by atoms with Crippen molar-refractivity contribution >= 4 is 23.0 Å². The number of nitrogens with one attached hydrogen (secondary N) is 2. The van der Waals surface area contributed by atoms with Crippen LogP contribution in [0.15, 0.2) is 51.7 Å². The van der Waals surface area contributed by atoms with E-state index in [1.54, 1.807) is 25.2 Å². The Morgan fingerprint density at radius 2 is 1.79 bits per heavy atom. The highest BCUT2D eigenvalue weighted by Gasteiger charge is 2.25. The molecule has 0 atom stereocenters. The van der Waals surface area contributed by atoms with E-state index < -0.39 is 10.9 Å². The number of aromatic hydroxyl groups is 1. The number of anilines is 3. The highest BCUT2D eigenvalue weighted by Crippen LogP contribution is 2.32. The van der Waals surface area contributed by atoms with E-state index in [2.05, 4.69) is 10.7 Å². The average Bonchev–Trinajstić information content (AvgIpc) is 2.72. The van der Waals surface area contributed by atoms with E-state index in [0.29, 0.717) is 6.54 Å². The summed E-state index contributed by atoms with van der Waals surface area (Å²) in [6.45, 7) is 6.19. The first-order chi connectivity index (χ1) is 13.8. The molecule has 0 unspecified atom stereocenters. The molecule has 3 N–H and O–H groups in total.